The molecule has 11 heterocycles. The van der Waals surface area contributed by atoms with Gasteiger partial charge >= 0.3 is 0 Å². The zero-order valence-corrected chi connectivity index (χ0v) is 49.6. The summed E-state index contributed by atoms with van der Waals surface area (Å²) in [6, 6.07) is 36.2. The standard InChI is InChI=1S/C15H16N2O2.C14H14N2O2.C14H16N2O2.C13H10N2O2.C12H12N2O2/c1-10(11-4-5-11)17-15(18)14-7-6-13(19-14)12-3-2-8-16-9-12;17-14(16-8-1-2-9-16)13-6-5-12(18-13)11-4-3-7-15-10-11;1-3-16(4-2)14(17)13-8-7-12(18-13)11-6-5-9-15-10-11;1-2-7-15-13(16)12-6-5-11(17-12)10-4-3-8-14-9-10;1-14(2)12(15)11-6-5-10(16-11)9-4-3-7-13-8-9/h2-3,6-11H,4-5H2,1H3,(H,17,18);3-7,10H,1-2,8-9H2;5-10H,3-4H2,1-2H3;1,3-6,8-9H,7H2,(H,15,16);3-8H,1-2H3. The van der Waals surface area contributed by atoms with Gasteiger partial charge in [0.15, 0.2) is 28.8 Å². The van der Waals surface area contributed by atoms with Crippen LogP contribution in [0.4, 0.5) is 0 Å². The summed E-state index contributed by atoms with van der Waals surface area (Å²) in [7, 11) is 3.38. The fourth-order valence-corrected chi connectivity index (χ4v) is 8.77. The Morgan fingerprint density at radius 2 is 0.875 bits per heavy atom. The Morgan fingerprint density at radius 3 is 1.23 bits per heavy atom. The maximum Gasteiger partial charge on any atom is 0.289 e. The Balaban J connectivity index is 0.000000143. The Morgan fingerprint density at radius 1 is 0.523 bits per heavy atom. The first-order valence-corrected chi connectivity index (χ1v) is 28.7. The average Bonchev–Trinajstić information content (AvgIpc) is 4.57. The molecule has 10 aromatic rings. The van der Waals surface area contributed by atoms with Crippen LogP contribution >= 0.6 is 0 Å². The van der Waals surface area contributed by atoms with E-state index < -0.39 is 0 Å². The summed E-state index contributed by atoms with van der Waals surface area (Å²) in [5.74, 6) is 7.24. The molecule has 10 aromatic heterocycles. The van der Waals surface area contributed by atoms with Crippen LogP contribution < -0.4 is 10.6 Å². The summed E-state index contributed by atoms with van der Waals surface area (Å²) in [5.41, 5.74) is 4.31. The number of nitrogens with one attached hydrogen (secondary N) is 2. The number of hydrogen-bond acceptors (Lipinski definition) is 15. The minimum absolute atomic E-state index is 0.0114. The van der Waals surface area contributed by atoms with Crippen LogP contribution in [0.25, 0.3) is 56.6 Å². The second kappa shape index (κ2) is 31.8. The van der Waals surface area contributed by atoms with E-state index in [2.05, 4.69) is 41.5 Å². The van der Waals surface area contributed by atoms with E-state index in [0.29, 0.717) is 70.8 Å². The van der Waals surface area contributed by atoms with Crippen LogP contribution in [0, 0.1) is 18.3 Å². The number of furan rings is 5. The number of rotatable bonds is 15. The number of aromatic nitrogens is 5. The average molecular weight is 1190 g/mol. The molecule has 2 N–H and O–H groups in total. The molecule has 20 nitrogen and oxygen atoms in total. The van der Waals surface area contributed by atoms with E-state index in [9.17, 15) is 24.0 Å². The molecule has 12 rings (SSSR count). The summed E-state index contributed by atoms with van der Waals surface area (Å²) in [5, 5.41) is 5.50. The van der Waals surface area contributed by atoms with Crippen molar-refractivity contribution < 1.29 is 46.1 Å². The molecular formula is C68H68N10O10. The largest absolute Gasteiger partial charge is 0.451 e. The Hall–Kier alpha value is -10.9. The lowest BCUT2D eigenvalue weighted by molar-refractivity contribution is 0.0739. The van der Waals surface area contributed by atoms with Crippen molar-refractivity contribution in [3.8, 4) is 69.0 Å². The lowest BCUT2D eigenvalue weighted by atomic mass is 10.2. The van der Waals surface area contributed by atoms with Gasteiger partial charge in [-0.15, -0.1) is 6.42 Å². The highest BCUT2D eigenvalue weighted by atomic mass is 16.4. The van der Waals surface area contributed by atoms with Crippen LogP contribution in [0.1, 0.15) is 99.2 Å². The van der Waals surface area contributed by atoms with Gasteiger partial charge in [-0.3, -0.25) is 48.9 Å². The number of carbonyl (C=O) groups excluding carboxylic acids is 5. The summed E-state index contributed by atoms with van der Waals surface area (Å²) in [6.45, 7) is 9.15. The van der Waals surface area contributed by atoms with E-state index in [1.54, 1.807) is 142 Å². The Labute approximate surface area is 510 Å². The number of pyridine rings is 5. The number of nitrogens with zero attached hydrogens (tertiary/aromatic N) is 8. The van der Waals surface area contributed by atoms with Gasteiger partial charge in [0.1, 0.15) is 28.8 Å². The van der Waals surface area contributed by atoms with Gasteiger partial charge in [-0.1, -0.05) is 5.92 Å². The van der Waals surface area contributed by atoms with Gasteiger partial charge in [0.05, 0.1) is 6.54 Å². The van der Waals surface area contributed by atoms with E-state index in [1.165, 1.54) is 17.7 Å². The Bertz CT molecular complexity index is 3750. The Kier molecular flexibility index (Phi) is 22.8. The molecule has 0 aromatic carbocycles. The molecule has 1 unspecified atom stereocenters. The maximum absolute atomic E-state index is 12.1. The van der Waals surface area contributed by atoms with Gasteiger partial charge in [-0.2, -0.15) is 0 Å². The molecule has 1 aliphatic carbocycles. The molecule has 1 aliphatic heterocycles. The predicted octanol–water partition coefficient (Wildman–Crippen LogP) is 12.0. The summed E-state index contributed by atoms with van der Waals surface area (Å²) < 4.78 is 27.6. The van der Waals surface area contributed by atoms with Crippen LogP contribution in [0.2, 0.25) is 0 Å². The van der Waals surface area contributed by atoms with Crippen LogP contribution in [0.3, 0.4) is 0 Å². The quantitative estimate of drug-likeness (QED) is 0.0906. The summed E-state index contributed by atoms with van der Waals surface area (Å²) >= 11 is 0. The van der Waals surface area contributed by atoms with Crippen molar-refractivity contribution in [2.45, 2.75) is 52.5 Å². The number of amides is 5. The fourth-order valence-electron chi connectivity index (χ4n) is 8.77. The smallest absolute Gasteiger partial charge is 0.289 e. The first kappa shape index (κ1) is 63.1. The third-order valence-corrected chi connectivity index (χ3v) is 13.7. The zero-order valence-electron chi connectivity index (χ0n) is 49.6. The number of carbonyl (C=O) groups is 5. The molecule has 450 valence electrons. The van der Waals surface area contributed by atoms with Crippen LogP contribution in [0.5, 0.6) is 0 Å². The van der Waals surface area contributed by atoms with Crippen LogP contribution in [-0.2, 0) is 0 Å². The van der Waals surface area contributed by atoms with Gasteiger partial charge in [0.25, 0.3) is 29.5 Å². The molecule has 0 radical (unpaired) electrons. The molecule has 88 heavy (non-hydrogen) atoms. The van der Waals surface area contributed by atoms with E-state index in [-0.39, 0.29) is 47.9 Å². The number of hydrogen-bond donors (Lipinski definition) is 2. The molecular weight excluding hydrogens is 1120 g/mol. The topological polar surface area (TPSA) is 249 Å². The van der Waals surface area contributed by atoms with Crippen molar-refractivity contribution >= 4 is 29.5 Å². The van der Waals surface area contributed by atoms with Gasteiger partial charge < -0.3 is 47.4 Å². The minimum atomic E-state index is -0.321. The molecule has 5 amide bonds. The second-order valence-electron chi connectivity index (χ2n) is 20.2. The first-order valence-electron chi connectivity index (χ1n) is 28.7. The second-order valence-corrected chi connectivity index (χ2v) is 20.2. The van der Waals surface area contributed by atoms with Gasteiger partial charge in [-0.25, -0.2) is 0 Å². The first-order chi connectivity index (χ1) is 42.8. The minimum Gasteiger partial charge on any atom is -0.451 e. The lowest BCUT2D eigenvalue weighted by Gasteiger charge is -2.16. The molecule has 0 spiro atoms. The maximum atomic E-state index is 12.1. The molecule has 2 fully saturated rings. The highest BCUT2D eigenvalue weighted by Crippen LogP contribution is 2.33. The third kappa shape index (κ3) is 17.8. The van der Waals surface area contributed by atoms with E-state index in [4.69, 9.17) is 28.5 Å². The summed E-state index contributed by atoms with van der Waals surface area (Å²) in [4.78, 5) is 84.4. The zero-order chi connectivity index (χ0) is 62.2. The lowest BCUT2D eigenvalue weighted by Crippen LogP contribution is -2.33. The molecule has 1 saturated heterocycles. The van der Waals surface area contributed by atoms with Crippen molar-refractivity contribution in [2.24, 2.45) is 5.92 Å². The highest BCUT2D eigenvalue weighted by molar-refractivity contribution is 5.94. The van der Waals surface area contributed by atoms with Crippen LogP contribution in [0.15, 0.2) is 205 Å². The van der Waals surface area contributed by atoms with E-state index in [1.807, 2.05) is 86.3 Å². The molecule has 0 bridgehead atoms. The molecule has 1 atom stereocenters. The van der Waals surface area contributed by atoms with Crippen molar-refractivity contribution in [3.63, 3.8) is 0 Å². The fraction of sp³-hybridized carbons (Fsp3) is 0.235. The normalized spacial score (nSPS) is 12.3. The molecule has 1 saturated carbocycles. The molecule has 20 heteroatoms. The highest BCUT2D eigenvalue weighted by Gasteiger charge is 2.30. The van der Waals surface area contributed by atoms with Crippen molar-refractivity contribution in [2.75, 3.05) is 46.8 Å². The predicted molar refractivity (Wildman–Crippen MR) is 331 cm³/mol. The van der Waals surface area contributed by atoms with Gasteiger partial charge in [-0.05, 0) is 174 Å². The molecule has 2 aliphatic rings. The number of terminal acetylenes is 1. The van der Waals surface area contributed by atoms with Crippen molar-refractivity contribution in [3.05, 3.63) is 212 Å². The van der Waals surface area contributed by atoms with Gasteiger partial charge in [0.2, 0.25) is 0 Å². The van der Waals surface area contributed by atoms with Crippen LogP contribution in [-0.4, -0.2) is 122 Å². The van der Waals surface area contributed by atoms with E-state index in [0.717, 1.165) is 53.7 Å². The van der Waals surface area contributed by atoms with Gasteiger partial charge in [0, 0.05) is 136 Å². The SMILES string of the molecule is C#CCNC(=O)c1ccc(-c2cccnc2)o1.CC(NC(=O)c1ccc(-c2cccnc2)o1)C1CC1.CCN(CC)C(=O)c1ccc(-c2cccnc2)o1.CN(C)C(=O)c1ccc(-c2cccnc2)o1.O=C(c1ccc(-c2cccnc2)o1)N1CCCC1. The van der Waals surface area contributed by atoms with Crippen molar-refractivity contribution in [1.29, 1.82) is 0 Å². The number of likely N-dealkylation sites (tertiary alicyclic amines) is 1. The van der Waals surface area contributed by atoms with Crippen molar-refractivity contribution in [1.82, 2.24) is 50.3 Å². The van der Waals surface area contributed by atoms with E-state index >= 15 is 0 Å². The monoisotopic (exact) mass is 1180 g/mol. The summed E-state index contributed by atoms with van der Waals surface area (Å²) in [6.07, 6.45) is 26.6. The third-order valence-electron chi connectivity index (χ3n) is 13.7.